The van der Waals surface area contributed by atoms with Crippen LogP contribution in [-0.4, -0.2) is 41.9 Å². The molecule has 0 spiro atoms. The van der Waals surface area contributed by atoms with Crippen molar-refractivity contribution in [2.24, 2.45) is 0 Å². The van der Waals surface area contributed by atoms with Crippen LogP contribution >= 0.6 is 0 Å². The fourth-order valence-corrected chi connectivity index (χ4v) is 5.84. The lowest BCUT2D eigenvalue weighted by molar-refractivity contribution is -0.0596. The molecule has 1 unspecified atom stereocenters. The van der Waals surface area contributed by atoms with Crippen molar-refractivity contribution >= 4 is 31.8 Å². The molecule has 0 radical (unpaired) electrons. The average Bonchev–Trinajstić information content (AvgIpc) is 2.98. The van der Waals surface area contributed by atoms with Gasteiger partial charge in [0, 0.05) is 46.7 Å². The molecule has 1 saturated carbocycles. The Morgan fingerprint density at radius 3 is 2.00 bits per heavy atom. The fourth-order valence-electron chi connectivity index (χ4n) is 4.76. The molecule has 5 nitrogen and oxygen atoms in total. The molecule has 0 aliphatic heterocycles. The number of rotatable bonds is 6. The van der Waals surface area contributed by atoms with Gasteiger partial charge in [0.1, 0.15) is 0 Å². The van der Waals surface area contributed by atoms with Crippen molar-refractivity contribution in [1.29, 1.82) is 0 Å². The Hall–Kier alpha value is -2.03. The molecular weight excluding hydrogens is 410 g/mol. The van der Waals surface area contributed by atoms with Crippen molar-refractivity contribution in [1.82, 2.24) is 9.29 Å². The first-order valence-corrected chi connectivity index (χ1v) is 12.0. The van der Waals surface area contributed by atoms with Gasteiger partial charge >= 0.3 is 0 Å². The largest absolute Gasteiger partial charge is 0.391 e. The lowest BCUT2D eigenvalue weighted by atomic mass is 9.77. The zero-order chi connectivity index (χ0) is 21.6. The van der Waals surface area contributed by atoms with Gasteiger partial charge in [-0.05, 0) is 31.4 Å². The maximum Gasteiger partial charge on any atom is 0.248 e. The molecule has 0 amide bonds. The summed E-state index contributed by atoms with van der Waals surface area (Å²) in [5.74, 6) is -2.79. The number of para-hydroxylation sites is 2. The van der Waals surface area contributed by atoms with Gasteiger partial charge in [-0.1, -0.05) is 36.4 Å². The van der Waals surface area contributed by atoms with Crippen LogP contribution in [0.15, 0.2) is 48.5 Å². The van der Waals surface area contributed by atoms with E-state index in [1.54, 1.807) is 0 Å². The van der Waals surface area contributed by atoms with E-state index in [0.29, 0.717) is 0 Å². The highest BCUT2D eigenvalue weighted by molar-refractivity contribution is 7.88. The smallest absolute Gasteiger partial charge is 0.248 e. The van der Waals surface area contributed by atoms with Crippen molar-refractivity contribution in [2.45, 2.75) is 56.2 Å². The normalized spacial score (nSPS) is 19.9. The number of benzene rings is 2. The third-order valence-corrected chi connectivity index (χ3v) is 6.84. The van der Waals surface area contributed by atoms with Crippen molar-refractivity contribution in [2.75, 3.05) is 6.26 Å². The number of halogens is 2. The summed E-state index contributed by atoms with van der Waals surface area (Å²) in [6, 6.07) is 15.8. The third-order valence-electron chi connectivity index (χ3n) is 6.04. The monoisotopic (exact) mass is 436 g/mol. The molecule has 3 aromatic rings. The molecule has 0 saturated heterocycles. The van der Waals surface area contributed by atoms with Gasteiger partial charge in [-0.15, -0.1) is 0 Å². The van der Waals surface area contributed by atoms with E-state index >= 15 is 0 Å². The maximum atomic E-state index is 13.7. The van der Waals surface area contributed by atoms with Gasteiger partial charge in [0.25, 0.3) is 0 Å². The minimum Gasteiger partial charge on any atom is -0.391 e. The van der Waals surface area contributed by atoms with E-state index in [4.69, 9.17) is 0 Å². The van der Waals surface area contributed by atoms with Gasteiger partial charge in [-0.2, -0.15) is 0 Å². The SMILES string of the molecule is CS(=O)(=O)NC1(CC(O)Cn2c3ccccc3c3ccccc32)CCC(F)(F)CC1. The number of hydrogen-bond donors (Lipinski definition) is 2. The summed E-state index contributed by atoms with van der Waals surface area (Å²) < 4.78 is 55.9. The van der Waals surface area contributed by atoms with Crippen molar-refractivity contribution < 1.29 is 22.3 Å². The molecule has 1 aliphatic carbocycles. The van der Waals surface area contributed by atoms with Crippen molar-refractivity contribution in [3.63, 3.8) is 0 Å². The lowest BCUT2D eigenvalue weighted by Gasteiger charge is -2.41. The topological polar surface area (TPSA) is 71.3 Å². The summed E-state index contributed by atoms with van der Waals surface area (Å²) in [5.41, 5.74) is 0.879. The maximum absolute atomic E-state index is 13.7. The van der Waals surface area contributed by atoms with Crippen molar-refractivity contribution in [3.8, 4) is 0 Å². The summed E-state index contributed by atoms with van der Waals surface area (Å²) in [4.78, 5) is 0. The highest BCUT2D eigenvalue weighted by Gasteiger charge is 2.45. The van der Waals surface area contributed by atoms with E-state index < -0.39 is 40.4 Å². The summed E-state index contributed by atoms with van der Waals surface area (Å²) in [7, 11) is -3.61. The summed E-state index contributed by atoms with van der Waals surface area (Å²) in [5, 5.41) is 13.1. The Kier molecular flexibility index (Phi) is 5.36. The highest BCUT2D eigenvalue weighted by Crippen LogP contribution is 2.41. The van der Waals surface area contributed by atoms with Gasteiger partial charge in [0.15, 0.2) is 0 Å². The molecule has 2 aromatic carbocycles. The van der Waals surface area contributed by atoms with Gasteiger partial charge in [0.05, 0.1) is 12.4 Å². The molecule has 1 fully saturated rings. The quantitative estimate of drug-likeness (QED) is 0.613. The standard InChI is InChI=1S/C22H26F2N2O3S/c1-30(28,29)25-21(10-12-22(23,24)13-11-21)14-16(27)15-26-19-8-4-2-6-17(19)18-7-3-5-9-20(18)26/h2-9,16,25,27H,10-15H2,1H3. The third kappa shape index (κ3) is 4.36. The van der Waals surface area contributed by atoms with E-state index in [9.17, 15) is 22.3 Å². The molecule has 0 bridgehead atoms. The van der Waals surface area contributed by atoms with Gasteiger partial charge in [-0.3, -0.25) is 0 Å². The van der Waals surface area contributed by atoms with E-state index in [0.717, 1.165) is 28.1 Å². The minimum absolute atomic E-state index is 0.00267. The van der Waals surface area contributed by atoms with Crippen LogP contribution in [0.2, 0.25) is 0 Å². The molecular formula is C22H26F2N2O3S. The first-order chi connectivity index (χ1) is 14.1. The van der Waals surface area contributed by atoms with Gasteiger partial charge in [0.2, 0.25) is 15.9 Å². The predicted octanol–water partition coefficient (Wildman–Crippen LogP) is 4.04. The predicted molar refractivity (Wildman–Crippen MR) is 114 cm³/mol. The first-order valence-electron chi connectivity index (χ1n) is 10.1. The second-order valence-corrected chi connectivity index (χ2v) is 10.3. The van der Waals surface area contributed by atoms with Gasteiger partial charge in [-0.25, -0.2) is 21.9 Å². The molecule has 1 atom stereocenters. The Morgan fingerprint density at radius 2 is 1.50 bits per heavy atom. The van der Waals surface area contributed by atoms with E-state index in [-0.39, 0.29) is 25.8 Å². The number of nitrogens with zero attached hydrogens (tertiary/aromatic N) is 1. The van der Waals surface area contributed by atoms with Crippen LogP contribution in [0.1, 0.15) is 32.1 Å². The number of alkyl halides is 2. The summed E-state index contributed by atoms with van der Waals surface area (Å²) in [6.45, 7) is 0.248. The van der Waals surface area contributed by atoms with Crippen LogP contribution in [-0.2, 0) is 16.6 Å². The number of aromatic nitrogens is 1. The molecule has 4 rings (SSSR count). The van der Waals surface area contributed by atoms with E-state index in [1.165, 1.54) is 0 Å². The average molecular weight is 437 g/mol. The van der Waals surface area contributed by atoms with Crippen LogP contribution in [0.3, 0.4) is 0 Å². The molecule has 162 valence electrons. The number of fused-ring (bicyclic) bond motifs is 3. The van der Waals surface area contributed by atoms with Crippen LogP contribution in [0.4, 0.5) is 8.78 Å². The fraction of sp³-hybridized carbons (Fsp3) is 0.455. The number of nitrogens with one attached hydrogen (secondary N) is 1. The van der Waals surface area contributed by atoms with Crippen LogP contribution in [0, 0.1) is 0 Å². The molecule has 8 heteroatoms. The molecule has 30 heavy (non-hydrogen) atoms. The number of aliphatic hydroxyl groups excluding tert-OH is 1. The Balaban J connectivity index is 1.63. The van der Waals surface area contributed by atoms with E-state index in [1.807, 2.05) is 53.1 Å². The molecule has 1 aliphatic rings. The van der Waals surface area contributed by atoms with Gasteiger partial charge < -0.3 is 9.67 Å². The highest BCUT2D eigenvalue weighted by atomic mass is 32.2. The zero-order valence-corrected chi connectivity index (χ0v) is 17.6. The molecule has 2 N–H and O–H groups in total. The lowest BCUT2D eigenvalue weighted by Crippen LogP contribution is -2.54. The molecule has 1 heterocycles. The Bertz CT molecular complexity index is 1110. The minimum atomic E-state index is -3.61. The number of hydrogen-bond acceptors (Lipinski definition) is 3. The molecule has 1 aromatic heterocycles. The zero-order valence-electron chi connectivity index (χ0n) is 16.8. The number of aliphatic hydroxyl groups is 1. The summed E-state index contributed by atoms with van der Waals surface area (Å²) in [6.07, 6.45) is -0.577. The van der Waals surface area contributed by atoms with E-state index in [2.05, 4.69) is 4.72 Å². The van der Waals surface area contributed by atoms with Crippen LogP contribution < -0.4 is 4.72 Å². The Morgan fingerprint density at radius 1 is 1.00 bits per heavy atom. The van der Waals surface area contributed by atoms with Crippen molar-refractivity contribution in [3.05, 3.63) is 48.5 Å². The second kappa shape index (κ2) is 7.59. The Labute approximate surface area is 174 Å². The van der Waals surface area contributed by atoms with Crippen LogP contribution in [0.5, 0.6) is 0 Å². The second-order valence-electron chi connectivity index (χ2n) is 8.51. The van der Waals surface area contributed by atoms with Crippen LogP contribution in [0.25, 0.3) is 21.8 Å². The summed E-state index contributed by atoms with van der Waals surface area (Å²) >= 11 is 0. The first kappa shape index (κ1) is 21.2. The number of sulfonamides is 1.